The number of carbonyl (C=O) groups is 2. The highest BCUT2D eigenvalue weighted by molar-refractivity contribution is 7.04. The number of aromatic nitrogens is 1. The number of carbonyl (C=O) groups excluding carboxylic acids is 2. The van der Waals surface area contributed by atoms with E-state index in [1.807, 2.05) is 0 Å². The number of nitrogens with one attached hydrogen (secondary N) is 1. The Bertz CT molecular complexity index is 527. The van der Waals surface area contributed by atoms with Crippen molar-refractivity contribution in [2.75, 3.05) is 25.5 Å². The van der Waals surface area contributed by atoms with Gasteiger partial charge in [-0.1, -0.05) is 13.8 Å². The van der Waals surface area contributed by atoms with Gasteiger partial charge in [0.1, 0.15) is 0 Å². The van der Waals surface area contributed by atoms with Crippen LogP contribution in [0.1, 0.15) is 43.6 Å². The van der Waals surface area contributed by atoms with Crippen molar-refractivity contribution in [1.82, 2.24) is 9.27 Å². The van der Waals surface area contributed by atoms with Gasteiger partial charge in [0.05, 0.1) is 12.8 Å². The van der Waals surface area contributed by atoms with E-state index < -0.39 is 5.97 Å². The van der Waals surface area contributed by atoms with Crippen LogP contribution < -0.4 is 5.32 Å². The molecule has 0 aliphatic carbocycles. The molecule has 2 heterocycles. The van der Waals surface area contributed by atoms with Crippen LogP contribution in [0.3, 0.4) is 0 Å². The van der Waals surface area contributed by atoms with E-state index in [1.54, 1.807) is 10.3 Å². The number of methoxy groups -OCH3 is 1. The second-order valence-electron chi connectivity index (χ2n) is 6.00. The van der Waals surface area contributed by atoms with Crippen LogP contribution in [0.2, 0.25) is 0 Å². The van der Waals surface area contributed by atoms with Gasteiger partial charge < -0.3 is 15.0 Å². The molecule has 1 fully saturated rings. The van der Waals surface area contributed by atoms with Gasteiger partial charge in [-0.25, -0.2) is 9.59 Å². The molecule has 116 valence electrons. The largest absolute Gasteiger partial charge is 0.464 e. The quantitative estimate of drug-likeness (QED) is 0.852. The molecule has 6 nitrogen and oxygen atoms in total. The Morgan fingerprint density at radius 2 is 2.14 bits per heavy atom. The Hall–Kier alpha value is -1.63. The van der Waals surface area contributed by atoms with E-state index in [0.29, 0.717) is 5.69 Å². The molecule has 0 spiro atoms. The number of hydrogen-bond acceptors (Lipinski definition) is 5. The zero-order valence-electron chi connectivity index (χ0n) is 12.6. The van der Waals surface area contributed by atoms with Gasteiger partial charge in [-0.3, -0.25) is 0 Å². The molecule has 1 N–H and O–H groups in total. The van der Waals surface area contributed by atoms with Crippen molar-refractivity contribution in [1.29, 1.82) is 0 Å². The van der Waals surface area contributed by atoms with E-state index in [9.17, 15) is 9.59 Å². The zero-order valence-corrected chi connectivity index (χ0v) is 13.5. The number of amides is 2. The topological polar surface area (TPSA) is 71.5 Å². The Morgan fingerprint density at radius 3 is 2.86 bits per heavy atom. The lowest BCUT2D eigenvalue weighted by molar-refractivity contribution is 0.0596. The molecule has 2 rings (SSSR count). The maximum Gasteiger partial charge on any atom is 0.359 e. The van der Waals surface area contributed by atoms with Crippen molar-refractivity contribution >= 4 is 29.2 Å². The lowest BCUT2D eigenvalue weighted by Gasteiger charge is -2.23. The second kappa shape index (κ2) is 6.43. The lowest BCUT2D eigenvalue weighted by Crippen LogP contribution is -2.36. The highest BCUT2D eigenvalue weighted by Gasteiger charge is 2.26. The maximum absolute atomic E-state index is 12.3. The number of ether oxygens (including phenoxy) is 1. The molecule has 0 atom stereocenters. The van der Waals surface area contributed by atoms with E-state index in [1.165, 1.54) is 7.11 Å². The molecule has 1 aliphatic rings. The molecule has 1 saturated heterocycles. The lowest BCUT2D eigenvalue weighted by atomic mass is 9.85. The van der Waals surface area contributed by atoms with E-state index in [2.05, 4.69) is 28.3 Å². The first-order valence-corrected chi connectivity index (χ1v) is 7.85. The Labute approximate surface area is 128 Å². The molecule has 1 aromatic rings. The summed E-state index contributed by atoms with van der Waals surface area (Å²) in [7, 11) is 1.30. The monoisotopic (exact) mass is 311 g/mol. The molecule has 21 heavy (non-hydrogen) atoms. The van der Waals surface area contributed by atoms with E-state index >= 15 is 0 Å². The number of esters is 1. The van der Waals surface area contributed by atoms with Crippen LogP contribution in [0.4, 0.5) is 10.5 Å². The van der Waals surface area contributed by atoms with Crippen molar-refractivity contribution in [3.05, 3.63) is 11.1 Å². The fourth-order valence-corrected chi connectivity index (χ4v) is 3.00. The Balaban J connectivity index is 2.02. The summed E-state index contributed by atoms with van der Waals surface area (Å²) in [5.74, 6) is -0.538. The predicted molar refractivity (Wildman–Crippen MR) is 81.7 cm³/mol. The SMILES string of the molecule is COC(=O)c1nscc1NC(=O)N1CCCC(C)(C)CC1. The van der Waals surface area contributed by atoms with Crippen LogP contribution in [0.15, 0.2) is 5.38 Å². The van der Waals surface area contributed by atoms with Gasteiger partial charge in [0.2, 0.25) is 0 Å². The van der Waals surface area contributed by atoms with Crippen LogP contribution in [-0.4, -0.2) is 41.5 Å². The normalized spacial score (nSPS) is 18.0. The molecule has 0 radical (unpaired) electrons. The number of hydrogen-bond donors (Lipinski definition) is 1. The van der Waals surface area contributed by atoms with Gasteiger partial charge in [0.15, 0.2) is 5.69 Å². The average Bonchev–Trinajstić information content (AvgIpc) is 2.81. The summed E-state index contributed by atoms with van der Waals surface area (Å²) in [6.45, 7) is 5.92. The zero-order chi connectivity index (χ0) is 15.5. The minimum absolute atomic E-state index is 0.158. The highest BCUT2D eigenvalue weighted by Crippen LogP contribution is 2.30. The molecular weight excluding hydrogens is 290 g/mol. The summed E-state index contributed by atoms with van der Waals surface area (Å²) in [4.78, 5) is 25.7. The Kier molecular flexibility index (Phi) is 4.82. The predicted octanol–water partition coefficient (Wildman–Crippen LogP) is 2.97. The Morgan fingerprint density at radius 1 is 1.38 bits per heavy atom. The van der Waals surface area contributed by atoms with E-state index in [0.717, 1.165) is 43.9 Å². The van der Waals surface area contributed by atoms with Crippen molar-refractivity contribution in [3.63, 3.8) is 0 Å². The van der Waals surface area contributed by atoms with Gasteiger partial charge in [0, 0.05) is 18.5 Å². The van der Waals surface area contributed by atoms with Crippen LogP contribution in [0.5, 0.6) is 0 Å². The average molecular weight is 311 g/mol. The number of likely N-dealkylation sites (tertiary alicyclic amines) is 1. The van der Waals surface area contributed by atoms with Crippen molar-refractivity contribution in [3.8, 4) is 0 Å². The van der Waals surface area contributed by atoms with Gasteiger partial charge in [-0.05, 0) is 36.2 Å². The summed E-state index contributed by atoms with van der Waals surface area (Å²) >= 11 is 1.12. The summed E-state index contributed by atoms with van der Waals surface area (Å²) in [6, 6.07) is -0.182. The van der Waals surface area contributed by atoms with Crippen LogP contribution in [0.25, 0.3) is 0 Å². The first-order valence-electron chi connectivity index (χ1n) is 7.01. The maximum atomic E-state index is 12.3. The summed E-state index contributed by atoms with van der Waals surface area (Å²) < 4.78 is 8.61. The minimum Gasteiger partial charge on any atom is -0.464 e. The molecule has 2 amide bonds. The third-order valence-corrected chi connectivity index (χ3v) is 4.45. The first kappa shape index (κ1) is 15.8. The molecule has 0 saturated carbocycles. The molecule has 0 aromatic carbocycles. The molecule has 1 aliphatic heterocycles. The molecule has 0 bridgehead atoms. The number of nitrogens with zero attached hydrogens (tertiary/aromatic N) is 2. The van der Waals surface area contributed by atoms with Gasteiger partial charge in [-0.15, -0.1) is 0 Å². The summed E-state index contributed by atoms with van der Waals surface area (Å²) in [5.41, 5.74) is 0.849. The third-order valence-electron chi connectivity index (χ3n) is 3.82. The fourth-order valence-electron chi connectivity index (χ4n) is 2.39. The summed E-state index contributed by atoms with van der Waals surface area (Å²) in [6.07, 6.45) is 3.09. The van der Waals surface area contributed by atoms with Gasteiger partial charge in [0.25, 0.3) is 0 Å². The molecular formula is C14H21N3O3S. The van der Waals surface area contributed by atoms with E-state index in [-0.39, 0.29) is 17.1 Å². The van der Waals surface area contributed by atoms with Crippen molar-refractivity contribution in [2.24, 2.45) is 5.41 Å². The van der Waals surface area contributed by atoms with Crippen LogP contribution >= 0.6 is 11.5 Å². The number of anilines is 1. The second-order valence-corrected chi connectivity index (χ2v) is 6.63. The van der Waals surface area contributed by atoms with Gasteiger partial charge >= 0.3 is 12.0 Å². The number of urea groups is 1. The molecule has 7 heteroatoms. The minimum atomic E-state index is -0.538. The van der Waals surface area contributed by atoms with Crippen molar-refractivity contribution in [2.45, 2.75) is 33.1 Å². The fraction of sp³-hybridized carbons (Fsp3) is 0.643. The summed E-state index contributed by atoms with van der Waals surface area (Å²) in [5, 5.41) is 4.41. The first-order chi connectivity index (χ1) is 9.93. The smallest absolute Gasteiger partial charge is 0.359 e. The van der Waals surface area contributed by atoms with Gasteiger partial charge in [-0.2, -0.15) is 4.37 Å². The van der Waals surface area contributed by atoms with Crippen molar-refractivity contribution < 1.29 is 14.3 Å². The number of rotatable bonds is 2. The highest BCUT2D eigenvalue weighted by atomic mass is 32.1. The van der Waals surface area contributed by atoms with Crippen LogP contribution in [0, 0.1) is 5.41 Å². The molecule has 0 unspecified atom stereocenters. The van der Waals surface area contributed by atoms with Crippen LogP contribution in [-0.2, 0) is 4.74 Å². The molecule has 1 aromatic heterocycles. The standard InChI is InChI=1S/C14H21N3O3S/c1-14(2)5-4-7-17(8-6-14)13(19)15-10-9-21-16-11(10)12(18)20-3/h9H,4-8H2,1-3H3,(H,15,19). The van der Waals surface area contributed by atoms with E-state index in [4.69, 9.17) is 0 Å². The third kappa shape index (κ3) is 3.93.